The lowest BCUT2D eigenvalue weighted by molar-refractivity contribution is 1.06. The van der Waals surface area contributed by atoms with Gasteiger partial charge >= 0.3 is 0 Å². The highest BCUT2D eigenvalue weighted by atomic mass is 15.1. The van der Waals surface area contributed by atoms with Crippen LogP contribution in [0.2, 0.25) is 0 Å². The van der Waals surface area contributed by atoms with Crippen LogP contribution in [0.5, 0.6) is 0 Å². The second-order valence-electron chi connectivity index (χ2n) is 12.0. The van der Waals surface area contributed by atoms with Gasteiger partial charge in [0.05, 0.1) is 51.1 Å². The molecule has 0 spiro atoms. The van der Waals surface area contributed by atoms with Gasteiger partial charge in [0.2, 0.25) is 0 Å². The van der Waals surface area contributed by atoms with E-state index in [2.05, 4.69) is 0 Å². The third kappa shape index (κ3) is 5.96. The van der Waals surface area contributed by atoms with Gasteiger partial charge in [0.1, 0.15) is 0 Å². The predicted molar refractivity (Wildman–Crippen MR) is 227 cm³/mol. The van der Waals surface area contributed by atoms with E-state index in [0.717, 1.165) is 4.57 Å². The quantitative estimate of drug-likeness (QED) is 0.164. The smallest absolute Gasteiger partial charge is 0.166 e. The number of rotatable bonds is 7. The molecule has 0 saturated carbocycles. The van der Waals surface area contributed by atoms with Crippen molar-refractivity contribution in [1.29, 1.82) is 0 Å². The Balaban J connectivity index is 1.43. The van der Waals surface area contributed by atoms with Gasteiger partial charge in [0, 0.05) is 21.9 Å². The number of para-hydroxylation sites is 1. The van der Waals surface area contributed by atoms with E-state index in [0.29, 0.717) is 11.1 Å². The molecule has 8 aromatic carbocycles. The lowest BCUT2D eigenvalue weighted by Gasteiger charge is -2.18. The molecule has 4 heteroatoms. The van der Waals surface area contributed by atoms with E-state index >= 15 is 0 Å². The molecule has 0 aliphatic rings. The van der Waals surface area contributed by atoms with Crippen molar-refractivity contribution in [2.75, 3.05) is 0 Å². The zero-order chi connectivity index (χ0) is 54.8. The zero-order valence-electron chi connectivity index (χ0n) is 49.3. The Kier molecular flexibility index (Phi) is 4.32. The van der Waals surface area contributed by atoms with Gasteiger partial charge in [-0.1, -0.05) is 182 Å². The third-order valence-corrected chi connectivity index (χ3v) is 8.76. The van der Waals surface area contributed by atoms with Crippen molar-refractivity contribution in [2.45, 2.75) is 0 Å². The topological polar surface area (TPSA) is 43.6 Å². The standard InChI is InChI=1S/C51H34N4/c1-5-16-35(17-6-1)37-28-30-38(31-29-37)42-25-15-27-47(48(42)51-53-49(39-20-9-3-10-21-39)52-50(54-51)40-22-11-4-12-23-40)55-45-26-14-13-24-43(45)44-34-41(32-33-46(44)55)36-18-7-2-8-19-36/h1-34H/i1D,2D,5D,6D,7D,8D,13D,14D,16D,17D,18D,19D,24D,26D,28D,29D,30D,31D,32D,33D,34D. The Labute approximate surface area is 349 Å². The number of fused-ring (bicyclic) bond motifs is 3. The van der Waals surface area contributed by atoms with Crippen molar-refractivity contribution in [3.8, 4) is 73.2 Å². The van der Waals surface area contributed by atoms with Gasteiger partial charge in [0.15, 0.2) is 17.5 Å². The minimum Gasteiger partial charge on any atom is -0.308 e. The van der Waals surface area contributed by atoms with Gasteiger partial charge in [0.25, 0.3) is 0 Å². The highest BCUT2D eigenvalue weighted by molar-refractivity contribution is 6.11. The summed E-state index contributed by atoms with van der Waals surface area (Å²) >= 11 is 0. The van der Waals surface area contributed by atoms with Crippen LogP contribution < -0.4 is 0 Å². The molecule has 0 N–H and O–H groups in total. The van der Waals surface area contributed by atoms with Gasteiger partial charge in [-0.05, 0) is 57.6 Å². The second kappa shape index (κ2) is 13.8. The first-order valence-electron chi connectivity index (χ1n) is 27.3. The van der Waals surface area contributed by atoms with Crippen molar-refractivity contribution in [3.63, 3.8) is 0 Å². The Morgan fingerprint density at radius 2 is 0.873 bits per heavy atom. The Morgan fingerprint density at radius 3 is 1.53 bits per heavy atom. The van der Waals surface area contributed by atoms with Crippen molar-refractivity contribution < 1.29 is 28.8 Å². The SMILES string of the molecule is [2H]c1c([2H])c([2H])c(-c2c([2H])c([2H])c(-c3cccc(-n4c5c([2H])c([2H])c([2H])c([2H])c5c5c([2H])c(-c6c([2H])c([2H])c([2H])c([2H])c6[2H])c([2H])c([2H])c54)c3-c3nc(-c4ccccc4)nc(-c4ccccc4)n3)c([2H])c2[2H])c([2H])c1[2H]. The van der Waals surface area contributed by atoms with Crippen LogP contribution in [0.4, 0.5) is 0 Å². The molecule has 0 unspecified atom stereocenters. The summed E-state index contributed by atoms with van der Waals surface area (Å²) < 4.78 is 189. The second-order valence-corrected chi connectivity index (χ2v) is 12.0. The Bertz CT molecular complexity index is 4040. The summed E-state index contributed by atoms with van der Waals surface area (Å²) in [7, 11) is 0. The minimum absolute atomic E-state index is 0.0803. The summed E-state index contributed by atoms with van der Waals surface area (Å²) in [5, 5.41) is -0.763. The van der Waals surface area contributed by atoms with Crippen LogP contribution in [-0.2, 0) is 0 Å². The molecule has 0 amide bonds. The minimum atomic E-state index is -0.825. The molecule has 0 radical (unpaired) electrons. The molecular weight excluding hydrogens is 669 g/mol. The average Bonchev–Trinajstić information content (AvgIpc) is 3.89. The number of benzene rings is 8. The predicted octanol–water partition coefficient (Wildman–Crippen LogP) is 13.0. The summed E-state index contributed by atoms with van der Waals surface area (Å²) in [6.07, 6.45) is 0. The van der Waals surface area contributed by atoms with Crippen LogP contribution in [0.1, 0.15) is 28.8 Å². The normalized spacial score (nSPS) is 16.6. The van der Waals surface area contributed by atoms with Gasteiger partial charge in [-0.2, -0.15) is 0 Å². The van der Waals surface area contributed by atoms with Gasteiger partial charge < -0.3 is 4.57 Å². The first-order valence-corrected chi connectivity index (χ1v) is 16.8. The number of hydrogen-bond donors (Lipinski definition) is 0. The highest BCUT2D eigenvalue weighted by Crippen LogP contribution is 2.42. The molecular formula is C51H34N4. The van der Waals surface area contributed by atoms with Crippen LogP contribution in [0.25, 0.3) is 95.0 Å². The fraction of sp³-hybridized carbons (Fsp3) is 0. The first-order chi connectivity index (χ1) is 36.0. The van der Waals surface area contributed by atoms with E-state index in [-0.39, 0.29) is 50.6 Å². The monoisotopic (exact) mass is 723 g/mol. The first kappa shape index (κ1) is 17.1. The summed E-state index contributed by atoms with van der Waals surface area (Å²) in [5.74, 6) is -0.0753. The summed E-state index contributed by atoms with van der Waals surface area (Å²) in [6.45, 7) is 0. The molecule has 2 aromatic heterocycles. The molecule has 0 saturated heterocycles. The van der Waals surface area contributed by atoms with E-state index in [1.54, 1.807) is 60.7 Å². The van der Waals surface area contributed by atoms with Crippen molar-refractivity contribution in [1.82, 2.24) is 19.5 Å². The maximum atomic E-state index is 9.77. The molecule has 2 heterocycles. The zero-order valence-corrected chi connectivity index (χ0v) is 28.3. The van der Waals surface area contributed by atoms with E-state index in [4.69, 9.17) is 31.4 Å². The molecule has 258 valence electrons. The summed E-state index contributed by atoms with van der Waals surface area (Å²) in [6, 6.07) is 5.25. The van der Waals surface area contributed by atoms with E-state index in [1.165, 1.54) is 18.2 Å². The third-order valence-electron chi connectivity index (χ3n) is 8.76. The molecule has 0 bridgehead atoms. The Morgan fingerprint density at radius 1 is 0.364 bits per heavy atom. The maximum absolute atomic E-state index is 9.77. The Hall–Kier alpha value is -7.43. The molecule has 55 heavy (non-hydrogen) atoms. The van der Waals surface area contributed by atoms with Crippen LogP contribution in [0.15, 0.2) is 206 Å². The van der Waals surface area contributed by atoms with Crippen LogP contribution in [0, 0.1) is 0 Å². The van der Waals surface area contributed by atoms with Crippen molar-refractivity contribution >= 4 is 21.8 Å². The average molecular weight is 724 g/mol. The molecule has 0 fully saturated rings. The van der Waals surface area contributed by atoms with Crippen molar-refractivity contribution in [2.24, 2.45) is 0 Å². The number of hydrogen-bond acceptors (Lipinski definition) is 3. The van der Waals surface area contributed by atoms with Crippen LogP contribution in [-0.4, -0.2) is 19.5 Å². The van der Waals surface area contributed by atoms with Crippen molar-refractivity contribution in [3.05, 3.63) is 206 Å². The fourth-order valence-electron chi connectivity index (χ4n) is 6.29. The molecule has 0 aliphatic carbocycles. The van der Waals surface area contributed by atoms with Gasteiger partial charge in [-0.3, -0.25) is 0 Å². The summed E-state index contributed by atoms with van der Waals surface area (Å²) in [5.41, 5.74) is -3.17. The number of aromatic nitrogens is 4. The maximum Gasteiger partial charge on any atom is 0.166 e. The lowest BCUT2D eigenvalue weighted by atomic mass is 9.95. The van der Waals surface area contributed by atoms with Crippen LogP contribution >= 0.6 is 0 Å². The molecule has 4 nitrogen and oxygen atoms in total. The number of nitrogens with zero attached hydrogens (tertiary/aromatic N) is 4. The largest absolute Gasteiger partial charge is 0.308 e. The molecule has 10 aromatic rings. The summed E-state index contributed by atoms with van der Waals surface area (Å²) in [4.78, 5) is 14.7. The highest BCUT2D eigenvalue weighted by Gasteiger charge is 2.23. The molecule has 0 atom stereocenters. The van der Waals surface area contributed by atoms with Gasteiger partial charge in [-0.25, -0.2) is 15.0 Å². The fourth-order valence-corrected chi connectivity index (χ4v) is 6.29. The van der Waals surface area contributed by atoms with E-state index in [1.807, 2.05) is 0 Å². The molecule has 0 aliphatic heterocycles. The van der Waals surface area contributed by atoms with Crippen LogP contribution in [0.3, 0.4) is 0 Å². The molecule has 10 rings (SSSR count). The van der Waals surface area contributed by atoms with E-state index < -0.39 is 160 Å². The van der Waals surface area contributed by atoms with Gasteiger partial charge in [-0.15, -0.1) is 0 Å². The van der Waals surface area contributed by atoms with E-state index in [9.17, 15) is 12.3 Å². The lowest BCUT2D eigenvalue weighted by Crippen LogP contribution is -2.05.